The second kappa shape index (κ2) is 9.62. The number of carbonyl (C=O) groups is 1. The van der Waals surface area contributed by atoms with E-state index >= 15 is 0 Å². The van der Waals surface area contributed by atoms with E-state index in [1.54, 1.807) is 0 Å². The van der Waals surface area contributed by atoms with E-state index in [4.69, 9.17) is 4.74 Å². The number of fused-ring (bicyclic) bond motifs is 1. The summed E-state index contributed by atoms with van der Waals surface area (Å²) in [5, 5.41) is 6.97. The fourth-order valence-electron chi connectivity index (χ4n) is 4.02. The second-order valence-electron chi connectivity index (χ2n) is 7.44. The summed E-state index contributed by atoms with van der Waals surface area (Å²) >= 11 is 0. The van der Waals surface area contributed by atoms with Crippen molar-refractivity contribution in [3.8, 4) is 5.75 Å². The monoisotopic (exact) mass is 372 g/mol. The lowest BCUT2D eigenvalue weighted by molar-refractivity contribution is -0.121. The Balaban J connectivity index is 1.44. The van der Waals surface area contributed by atoms with Gasteiger partial charge in [-0.2, -0.15) is 0 Å². The van der Waals surface area contributed by atoms with Crippen LogP contribution >= 0.6 is 0 Å². The zero-order chi connectivity index (χ0) is 19.1. The van der Waals surface area contributed by atoms with E-state index in [2.05, 4.69) is 22.5 Å². The first-order valence-corrected chi connectivity index (χ1v) is 10.2. The first kappa shape index (κ1) is 19.5. The van der Waals surface area contributed by atoms with E-state index in [-0.39, 0.29) is 12.5 Å². The highest BCUT2D eigenvalue weighted by atomic mass is 16.5. The molecule has 2 aliphatic rings. The summed E-state index contributed by atoms with van der Waals surface area (Å²) in [6.07, 6.45) is 7.22. The zero-order valence-electron chi connectivity index (χ0n) is 16.5. The molecule has 0 radical (unpaired) electrons. The highest BCUT2D eigenvalue weighted by Crippen LogP contribution is 2.31. The average molecular weight is 373 g/mol. The molecule has 6 nitrogen and oxygen atoms in total. The van der Waals surface area contributed by atoms with Crippen LogP contribution < -0.4 is 20.3 Å². The van der Waals surface area contributed by atoms with Gasteiger partial charge in [0, 0.05) is 26.2 Å². The van der Waals surface area contributed by atoms with Gasteiger partial charge in [0.15, 0.2) is 12.6 Å². The zero-order valence-corrected chi connectivity index (χ0v) is 16.5. The van der Waals surface area contributed by atoms with Crippen molar-refractivity contribution in [1.82, 2.24) is 10.6 Å². The number of guanidine groups is 1. The predicted molar refractivity (Wildman–Crippen MR) is 109 cm³/mol. The van der Waals surface area contributed by atoms with Crippen LogP contribution in [0.3, 0.4) is 0 Å². The Labute approximate surface area is 162 Å². The summed E-state index contributed by atoms with van der Waals surface area (Å²) in [7, 11) is 1.82. The van der Waals surface area contributed by atoms with E-state index in [0.29, 0.717) is 12.6 Å². The maximum atomic E-state index is 12.2. The third kappa shape index (κ3) is 5.15. The molecule has 2 N–H and O–H groups in total. The molecule has 27 heavy (non-hydrogen) atoms. The molecular formula is C21H32N4O2. The minimum atomic E-state index is 0.0176. The molecule has 6 heteroatoms. The maximum absolute atomic E-state index is 12.2. The van der Waals surface area contributed by atoms with E-state index in [1.807, 2.05) is 36.2 Å². The lowest BCUT2D eigenvalue weighted by Crippen LogP contribution is -2.46. The molecule has 0 saturated heterocycles. The summed E-state index contributed by atoms with van der Waals surface area (Å²) in [6, 6.07) is 8.23. The molecule has 1 aliphatic heterocycles. The van der Waals surface area contributed by atoms with Crippen LogP contribution in [0.15, 0.2) is 29.3 Å². The normalized spacial score (nSPS) is 22.8. The van der Waals surface area contributed by atoms with Crippen molar-refractivity contribution in [3.63, 3.8) is 0 Å². The van der Waals surface area contributed by atoms with Gasteiger partial charge in [-0.1, -0.05) is 38.3 Å². The molecule has 0 aromatic heterocycles. The average Bonchev–Trinajstić information content (AvgIpc) is 2.71. The van der Waals surface area contributed by atoms with E-state index in [1.165, 1.54) is 32.1 Å². The van der Waals surface area contributed by atoms with Crippen LogP contribution in [0.5, 0.6) is 5.75 Å². The highest BCUT2D eigenvalue weighted by molar-refractivity contribution is 5.97. The van der Waals surface area contributed by atoms with Crippen molar-refractivity contribution in [1.29, 1.82) is 0 Å². The summed E-state index contributed by atoms with van der Waals surface area (Å²) in [5.74, 6) is 2.50. The van der Waals surface area contributed by atoms with Crippen LogP contribution in [-0.2, 0) is 4.79 Å². The Hall–Kier alpha value is -2.24. The summed E-state index contributed by atoms with van der Waals surface area (Å²) in [6.45, 7) is 3.85. The third-order valence-corrected chi connectivity index (χ3v) is 5.58. The molecule has 3 rings (SSSR count). The van der Waals surface area contributed by atoms with Crippen molar-refractivity contribution in [3.05, 3.63) is 24.3 Å². The number of carbonyl (C=O) groups excluding carboxylic acids is 1. The smallest absolute Gasteiger partial charge is 0.265 e. The number of aliphatic imine (C=N–C) groups is 1. The van der Waals surface area contributed by atoms with Gasteiger partial charge in [0.05, 0.1) is 5.69 Å². The molecule has 148 valence electrons. The lowest BCUT2D eigenvalue weighted by Gasteiger charge is -2.31. The number of rotatable bonds is 6. The van der Waals surface area contributed by atoms with Gasteiger partial charge in [0.2, 0.25) is 0 Å². The first-order chi connectivity index (χ1) is 13.2. The standard InChI is InChI=1S/C21H32N4O2/c1-3-16-8-6-9-17(14-16)24-21(22-2)23-12-7-13-25-18-10-4-5-11-19(18)27-15-20(25)26/h4-5,10-11,16-17H,3,6-9,12-15H2,1-2H3,(H2,22,23,24). The Bertz CT molecular complexity index is 661. The third-order valence-electron chi connectivity index (χ3n) is 5.58. The Morgan fingerprint density at radius 1 is 1.33 bits per heavy atom. The summed E-state index contributed by atoms with van der Waals surface area (Å²) in [5.41, 5.74) is 0.865. The Morgan fingerprint density at radius 2 is 2.19 bits per heavy atom. The van der Waals surface area contributed by atoms with Crippen molar-refractivity contribution < 1.29 is 9.53 Å². The van der Waals surface area contributed by atoms with Gasteiger partial charge in [0.25, 0.3) is 5.91 Å². The van der Waals surface area contributed by atoms with Crippen LogP contribution in [-0.4, -0.2) is 44.7 Å². The summed E-state index contributed by atoms with van der Waals surface area (Å²) in [4.78, 5) is 18.4. The van der Waals surface area contributed by atoms with Crippen LogP contribution in [0, 0.1) is 5.92 Å². The number of amides is 1. The molecule has 2 unspecified atom stereocenters. The van der Waals surface area contributed by atoms with Crippen LogP contribution in [0.4, 0.5) is 5.69 Å². The predicted octanol–water partition coefficient (Wildman–Crippen LogP) is 2.94. The molecule has 1 aliphatic carbocycles. The lowest BCUT2D eigenvalue weighted by atomic mass is 9.84. The number of para-hydroxylation sites is 2. The minimum absolute atomic E-state index is 0.0176. The largest absolute Gasteiger partial charge is 0.482 e. The van der Waals surface area contributed by atoms with Crippen LogP contribution in [0.1, 0.15) is 45.4 Å². The molecule has 1 amide bonds. The minimum Gasteiger partial charge on any atom is -0.482 e. The van der Waals surface area contributed by atoms with E-state index in [9.17, 15) is 4.79 Å². The SMILES string of the molecule is CCC1CCCC(NC(=NC)NCCCN2C(=O)COc3ccccc32)C1. The molecule has 2 atom stereocenters. The Kier molecular flexibility index (Phi) is 6.96. The highest BCUT2D eigenvalue weighted by Gasteiger charge is 2.24. The van der Waals surface area contributed by atoms with Crippen molar-refractivity contribution in [2.45, 2.75) is 51.5 Å². The number of nitrogens with zero attached hydrogens (tertiary/aromatic N) is 2. The molecule has 1 aromatic carbocycles. The van der Waals surface area contributed by atoms with Gasteiger partial charge in [-0.05, 0) is 37.3 Å². The summed E-state index contributed by atoms with van der Waals surface area (Å²) < 4.78 is 5.49. The fraction of sp³-hybridized carbons (Fsp3) is 0.619. The molecule has 0 bridgehead atoms. The molecule has 0 spiro atoms. The number of nitrogens with one attached hydrogen (secondary N) is 2. The number of ether oxygens (including phenoxy) is 1. The number of hydrogen-bond acceptors (Lipinski definition) is 3. The van der Waals surface area contributed by atoms with E-state index < -0.39 is 0 Å². The number of anilines is 1. The topological polar surface area (TPSA) is 66.0 Å². The van der Waals surface area contributed by atoms with Gasteiger partial charge in [0.1, 0.15) is 5.75 Å². The van der Waals surface area contributed by atoms with Gasteiger partial charge in [-0.3, -0.25) is 9.79 Å². The molecule has 1 heterocycles. The van der Waals surface area contributed by atoms with Crippen molar-refractivity contribution in [2.75, 3.05) is 31.6 Å². The molecule has 1 saturated carbocycles. The molecule has 1 fully saturated rings. The van der Waals surface area contributed by atoms with Crippen molar-refractivity contribution in [2.24, 2.45) is 10.9 Å². The maximum Gasteiger partial charge on any atom is 0.265 e. The molecular weight excluding hydrogens is 340 g/mol. The van der Waals surface area contributed by atoms with Gasteiger partial charge in [-0.15, -0.1) is 0 Å². The Morgan fingerprint density at radius 3 is 3.00 bits per heavy atom. The molecule has 1 aromatic rings. The number of benzene rings is 1. The van der Waals surface area contributed by atoms with Gasteiger partial charge < -0.3 is 20.3 Å². The number of hydrogen-bond donors (Lipinski definition) is 2. The van der Waals surface area contributed by atoms with Gasteiger partial charge in [-0.25, -0.2) is 0 Å². The quantitative estimate of drug-likeness (QED) is 0.458. The fourth-order valence-corrected chi connectivity index (χ4v) is 4.02. The van der Waals surface area contributed by atoms with E-state index in [0.717, 1.165) is 36.3 Å². The van der Waals surface area contributed by atoms with Gasteiger partial charge >= 0.3 is 0 Å². The second-order valence-corrected chi connectivity index (χ2v) is 7.44. The van der Waals surface area contributed by atoms with Crippen LogP contribution in [0.25, 0.3) is 0 Å². The first-order valence-electron chi connectivity index (χ1n) is 10.2. The van der Waals surface area contributed by atoms with Crippen molar-refractivity contribution >= 4 is 17.6 Å². The van der Waals surface area contributed by atoms with Crippen LogP contribution in [0.2, 0.25) is 0 Å².